The Balaban J connectivity index is 1.96. The van der Waals surface area contributed by atoms with Gasteiger partial charge < -0.3 is 5.32 Å². The van der Waals surface area contributed by atoms with Crippen LogP contribution in [0.4, 0.5) is 5.69 Å². The molecule has 6 heteroatoms. The largest absolute Gasteiger partial charge is 0.324 e. The van der Waals surface area contributed by atoms with Gasteiger partial charge in [-0.3, -0.25) is 9.69 Å². The summed E-state index contributed by atoms with van der Waals surface area (Å²) >= 11 is 0. The van der Waals surface area contributed by atoms with Gasteiger partial charge in [-0.15, -0.1) is 0 Å². The maximum Gasteiger partial charge on any atom is 0.238 e. The van der Waals surface area contributed by atoms with E-state index in [4.69, 9.17) is 0 Å². The topological polar surface area (TPSA) is 66.5 Å². The van der Waals surface area contributed by atoms with E-state index < -0.39 is 9.84 Å². The van der Waals surface area contributed by atoms with Crippen molar-refractivity contribution in [3.8, 4) is 0 Å². The van der Waals surface area contributed by atoms with E-state index in [1.54, 1.807) is 7.05 Å². The van der Waals surface area contributed by atoms with Crippen LogP contribution in [0.1, 0.15) is 17.5 Å². The number of amides is 1. The van der Waals surface area contributed by atoms with Crippen LogP contribution in [0, 0.1) is 13.8 Å². The molecule has 21 heavy (non-hydrogen) atoms. The van der Waals surface area contributed by atoms with E-state index in [9.17, 15) is 13.2 Å². The summed E-state index contributed by atoms with van der Waals surface area (Å²) in [4.78, 5) is 14.0. The quantitative estimate of drug-likeness (QED) is 0.912. The Kier molecular flexibility index (Phi) is 4.68. The maximum absolute atomic E-state index is 12.1. The van der Waals surface area contributed by atoms with Crippen molar-refractivity contribution in [3.63, 3.8) is 0 Å². The number of nitrogens with one attached hydrogen (secondary N) is 1. The van der Waals surface area contributed by atoms with E-state index in [0.717, 1.165) is 16.8 Å². The lowest BCUT2D eigenvalue weighted by atomic mass is 10.1. The Morgan fingerprint density at radius 3 is 2.48 bits per heavy atom. The van der Waals surface area contributed by atoms with Crippen molar-refractivity contribution in [2.45, 2.75) is 26.3 Å². The van der Waals surface area contributed by atoms with Gasteiger partial charge in [0.1, 0.15) is 0 Å². The van der Waals surface area contributed by atoms with Crippen LogP contribution in [-0.4, -0.2) is 50.4 Å². The molecule has 0 bridgehead atoms. The highest BCUT2D eigenvalue weighted by molar-refractivity contribution is 7.91. The molecule has 1 atom stereocenters. The zero-order valence-corrected chi connectivity index (χ0v) is 13.5. The molecule has 1 heterocycles. The van der Waals surface area contributed by atoms with Crippen LogP contribution in [-0.2, 0) is 14.6 Å². The number of sulfone groups is 1. The van der Waals surface area contributed by atoms with E-state index >= 15 is 0 Å². The fourth-order valence-electron chi connectivity index (χ4n) is 2.67. The first kappa shape index (κ1) is 16.0. The predicted octanol–water partition coefficient (Wildman–Crippen LogP) is 1.36. The highest BCUT2D eigenvalue weighted by Crippen LogP contribution is 2.20. The minimum Gasteiger partial charge on any atom is -0.324 e. The normalized spacial score (nSPS) is 20.7. The van der Waals surface area contributed by atoms with Crippen LogP contribution in [0.5, 0.6) is 0 Å². The third kappa shape index (κ3) is 4.04. The first-order chi connectivity index (χ1) is 9.78. The Morgan fingerprint density at radius 1 is 1.33 bits per heavy atom. The van der Waals surface area contributed by atoms with Gasteiger partial charge in [-0.25, -0.2) is 8.42 Å². The number of hydrogen-bond acceptors (Lipinski definition) is 4. The molecule has 116 valence electrons. The van der Waals surface area contributed by atoms with Crippen molar-refractivity contribution in [1.82, 2.24) is 4.90 Å². The average molecular weight is 310 g/mol. The number of hydrogen-bond donors (Lipinski definition) is 1. The van der Waals surface area contributed by atoms with Crippen LogP contribution in [0.15, 0.2) is 18.2 Å². The highest BCUT2D eigenvalue weighted by atomic mass is 32.2. The molecule has 1 amide bonds. The van der Waals surface area contributed by atoms with Crippen LogP contribution < -0.4 is 5.32 Å². The second kappa shape index (κ2) is 6.15. The summed E-state index contributed by atoms with van der Waals surface area (Å²) in [7, 11) is -1.12. The second-order valence-corrected chi connectivity index (χ2v) is 8.02. The molecule has 0 spiro atoms. The van der Waals surface area contributed by atoms with Crippen molar-refractivity contribution < 1.29 is 13.2 Å². The number of anilines is 1. The SMILES string of the molecule is Cc1cccc(C)c1NC(=O)CN(C)C1CCS(=O)(=O)C1. The van der Waals surface area contributed by atoms with E-state index in [1.807, 2.05) is 36.9 Å². The fraction of sp³-hybridized carbons (Fsp3) is 0.533. The molecular weight excluding hydrogens is 288 g/mol. The molecule has 1 aliphatic rings. The molecule has 0 aromatic heterocycles. The number of carbonyl (C=O) groups is 1. The molecule has 0 saturated carbocycles. The zero-order valence-electron chi connectivity index (χ0n) is 12.7. The predicted molar refractivity (Wildman–Crippen MR) is 84.2 cm³/mol. The number of para-hydroxylation sites is 1. The van der Waals surface area contributed by atoms with Gasteiger partial charge in [0.05, 0.1) is 18.1 Å². The summed E-state index contributed by atoms with van der Waals surface area (Å²) in [6.45, 7) is 4.11. The lowest BCUT2D eigenvalue weighted by Crippen LogP contribution is -2.38. The fourth-order valence-corrected chi connectivity index (χ4v) is 4.47. The molecule has 1 saturated heterocycles. The number of rotatable bonds is 4. The van der Waals surface area contributed by atoms with Crippen molar-refractivity contribution in [3.05, 3.63) is 29.3 Å². The maximum atomic E-state index is 12.1. The third-order valence-corrected chi connectivity index (χ3v) is 5.72. The molecule has 0 aliphatic carbocycles. The second-order valence-electron chi connectivity index (χ2n) is 5.79. The summed E-state index contributed by atoms with van der Waals surface area (Å²) in [6, 6.07) is 5.81. The molecule has 1 aliphatic heterocycles. The van der Waals surface area contributed by atoms with Gasteiger partial charge in [0.25, 0.3) is 0 Å². The molecule has 1 unspecified atom stereocenters. The van der Waals surface area contributed by atoms with Crippen molar-refractivity contribution in [2.24, 2.45) is 0 Å². The first-order valence-corrected chi connectivity index (χ1v) is 8.87. The van der Waals surface area contributed by atoms with Crippen LogP contribution in [0.3, 0.4) is 0 Å². The Labute approximate surface area is 126 Å². The van der Waals surface area contributed by atoms with E-state index in [0.29, 0.717) is 6.42 Å². The minimum absolute atomic E-state index is 0.0567. The molecule has 1 aromatic rings. The molecule has 1 fully saturated rings. The number of nitrogens with zero attached hydrogens (tertiary/aromatic N) is 1. The Hall–Kier alpha value is -1.40. The van der Waals surface area contributed by atoms with Crippen LogP contribution in [0.25, 0.3) is 0 Å². The summed E-state index contributed by atoms with van der Waals surface area (Å²) in [6.07, 6.45) is 0.607. The molecule has 2 rings (SSSR count). The third-order valence-electron chi connectivity index (χ3n) is 3.97. The standard InChI is InChI=1S/C15H22N2O3S/c1-11-5-4-6-12(2)15(11)16-14(18)9-17(3)13-7-8-21(19,20)10-13/h4-6,13H,7-10H2,1-3H3,(H,16,18). The number of likely N-dealkylation sites (N-methyl/N-ethyl adjacent to an activating group) is 1. The van der Waals surface area contributed by atoms with Gasteiger partial charge in [-0.1, -0.05) is 18.2 Å². The zero-order chi connectivity index (χ0) is 15.6. The van der Waals surface area contributed by atoms with Gasteiger partial charge in [0.15, 0.2) is 9.84 Å². The average Bonchev–Trinajstić information content (AvgIpc) is 2.74. The molecule has 1 N–H and O–H groups in total. The van der Waals surface area contributed by atoms with Crippen molar-refractivity contribution in [2.75, 3.05) is 30.4 Å². The highest BCUT2D eigenvalue weighted by Gasteiger charge is 2.31. The molecular formula is C15H22N2O3S. The van der Waals surface area contributed by atoms with Crippen molar-refractivity contribution >= 4 is 21.4 Å². The smallest absolute Gasteiger partial charge is 0.238 e. The van der Waals surface area contributed by atoms with Gasteiger partial charge in [-0.2, -0.15) is 0 Å². The van der Waals surface area contributed by atoms with E-state index in [1.165, 1.54) is 0 Å². The van der Waals surface area contributed by atoms with E-state index in [2.05, 4.69) is 5.32 Å². The number of aryl methyl sites for hydroxylation is 2. The van der Waals surface area contributed by atoms with Gasteiger partial charge >= 0.3 is 0 Å². The summed E-state index contributed by atoms with van der Waals surface area (Å²) in [5.41, 5.74) is 2.89. The Bertz CT molecular complexity index is 620. The van der Waals surface area contributed by atoms with Gasteiger partial charge in [0.2, 0.25) is 5.91 Å². The summed E-state index contributed by atoms with van der Waals surface area (Å²) in [5, 5.41) is 2.92. The summed E-state index contributed by atoms with van der Waals surface area (Å²) in [5.74, 6) is 0.264. The first-order valence-electron chi connectivity index (χ1n) is 7.05. The lowest BCUT2D eigenvalue weighted by molar-refractivity contribution is -0.117. The molecule has 5 nitrogen and oxygen atoms in total. The van der Waals surface area contributed by atoms with Crippen LogP contribution in [0.2, 0.25) is 0 Å². The van der Waals surface area contributed by atoms with E-state index in [-0.39, 0.29) is 30.0 Å². The lowest BCUT2D eigenvalue weighted by Gasteiger charge is -2.22. The molecule has 1 aromatic carbocycles. The number of benzene rings is 1. The Morgan fingerprint density at radius 2 is 1.95 bits per heavy atom. The minimum atomic E-state index is -2.92. The number of carbonyl (C=O) groups excluding carboxylic acids is 1. The van der Waals surface area contributed by atoms with Crippen LogP contribution >= 0.6 is 0 Å². The van der Waals surface area contributed by atoms with Gasteiger partial charge in [-0.05, 0) is 38.4 Å². The van der Waals surface area contributed by atoms with Gasteiger partial charge in [0, 0.05) is 11.7 Å². The van der Waals surface area contributed by atoms with Crippen molar-refractivity contribution in [1.29, 1.82) is 0 Å². The monoisotopic (exact) mass is 310 g/mol. The summed E-state index contributed by atoms with van der Waals surface area (Å²) < 4.78 is 23.0. The molecule has 0 radical (unpaired) electrons.